The Hall–Kier alpha value is -6.05. The predicted octanol–water partition coefficient (Wildman–Crippen LogP) is 4.14. The van der Waals surface area contributed by atoms with Gasteiger partial charge < -0.3 is 34.5 Å². The number of nitrogens with zero attached hydrogens (tertiary/aromatic N) is 1. The first kappa shape index (κ1) is 40.7. The molecule has 14 nitrogen and oxygen atoms in total. The summed E-state index contributed by atoms with van der Waals surface area (Å²) in [4.78, 5) is 84.7. The summed E-state index contributed by atoms with van der Waals surface area (Å²) in [6.45, 7) is 5.83. The van der Waals surface area contributed by atoms with Gasteiger partial charge >= 0.3 is 23.9 Å². The minimum atomic E-state index is -1.27. The van der Waals surface area contributed by atoms with Crippen LogP contribution in [-0.2, 0) is 69.8 Å². The lowest BCUT2D eigenvalue weighted by atomic mass is 9.75. The number of nitrogens with one attached hydrogen (secondary N) is 2. The largest absolute Gasteiger partial charge is 0.469 e. The SMILES string of the molecule is COC(=O)CC1(CC(=O)OC)C(=O)N(C)c2cc(C)ccc21.COC(=O)CC1(CC(=O)OC)C(=O)Nc2cc(C)ccc21.Cc1ccc2c(c1)NC(=O)C2. The second-order valence-electron chi connectivity index (χ2n) is 13.4. The normalized spacial score (nSPS) is 15.1. The summed E-state index contributed by atoms with van der Waals surface area (Å²) in [6.07, 6.45) is -0.272. The van der Waals surface area contributed by atoms with Crippen molar-refractivity contribution in [1.29, 1.82) is 0 Å². The first-order valence-electron chi connectivity index (χ1n) is 17.0. The molecule has 14 heteroatoms. The average Bonchev–Trinajstić information content (AvgIpc) is 3.70. The van der Waals surface area contributed by atoms with Crippen LogP contribution in [0.1, 0.15) is 59.1 Å². The second kappa shape index (κ2) is 16.7. The van der Waals surface area contributed by atoms with E-state index < -0.39 is 34.7 Å². The van der Waals surface area contributed by atoms with E-state index in [1.165, 1.54) is 38.9 Å². The standard InChI is InChI=1S/C16H19NO5.C15H17NO5.C9H9NO/c1-10-5-6-11-12(7-10)17(2)15(20)16(11,8-13(18)21-3)9-14(19)22-4;1-9-4-5-10-11(6-9)16-14(19)15(10,7-12(17)20-2)8-13(18)21-3;1-6-2-3-7-5-9(11)10-8(7)4-6/h5-7H,8-9H2,1-4H3;4-6H,7-8H2,1-3H3,(H,16,19);2-4H,5H2,1H3,(H,10,11). The summed E-state index contributed by atoms with van der Waals surface area (Å²) >= 11 is 0. The number of amides is 3. The van der Waals surface area contributed by atoms with E-state index in [0.717, 1.165) is 22.4 Å². The van der Waals surface area contributed by atoms with Crippen molar-refractivity contribution in [1.82, 2.24) is 0 Å². The van der Waals surface area contributed by atoms with Crippen molar-refractivity contribution in [3.05, 3.63) is 88.0 Å². The van der Waals surface area contributed by atoms with Crippen molar-refractivity contribution in [2.45, 2.75) is 63.7 Å². The fourth-order valence-corrected chi connectivity index (χ4v) is 6.83. The van der Waals surface area contributed by atoms with Crippen LogP contribution in [0.2, 0.25) is 0 Å². The van der Waals surface area contributed by atoms with Gasteiger partial charge in [-0.2, -0.15) is 0 Å². The molecule has 0 radical (unpaired) electrons. The van der Waals surface area contributed by atoms with Crippen molar-refractivity contribution in [3.63, 3.8) is 0 Å². The van der Waals surface area contributed by atoms with Crippen LogP contribution in [0.15, 0.2) is 54.6 Å². The van der Waals surface area contributed by atoms with Gasteiger partial charge in [-0.1, -0.05) is 36.4 Å². The molecule has 0 saturated carbocycles. The first-order valence-corrected chi connectivity index (χ1v) is 17.0. The number of ether oxygens (including phenoxy) is 4. The van der Waals surface area contributed by atoms with Gasteiger partial charge in [-0.15, -0.1) is 0 Å². The fourth-order valence-electron chi connectivity index (χ4n) is 6.83. The van der Waals surface area contributed by atoms with Gasteiger partial charge in [0.15, 0.2) is 0 Å². The number of carbonyl (C=O) groups is 7. The summed E-state index contributed by atoms with van der Waals surface area (Å²) < 4.78 is 18.8. The highest BCUT2D eigenvalue weighted by molar-refractivity contribution is 6.11. The molecule has 3 amide bonds. The topological polar surface area (TPSA) is 184 Å². The minimum absolute atomic E-state index is 0.102. The van der Waals surface area contributed by atoms with Crippen LogP contribution in [0, 0.1) is 20.8 Å². The number of likely N-dealkylation sites (N-methyl/N-ethyl adjacent to an activating group) is 1. The zero-order valence-corrected chi connectivity index (χ0v) is 31.7. The number of hydrogen-bond donors (Lipinski definition) is 2. The molecule has 0 fully saturated rings. The van der Waals surface area contributed by atoms with E-state index in [2.05, 4.69) is 20.1 Å². The maximum atomic E-state index is 12.8. The maximum Gasteiger partial charge on any atom is 0.306 e. The van der Waals surface area contributed by atoms with E-state index in [4.69, 9.17) is 9.47 Å². The molecule has 3 aromatic rings. The van der Waals surface area contributed by atoms with Crippen LogP contribution < -0.4 is 15.5 Å². The third-order valence-corrected chi connectivity index (χ3v) is 9.70. The van der Waals surface area contributed by atoms with Gasteiger partial charge in [0.1, 0.15) is 0 Å². The monoisotopic (exact) mass is 743 g/mol. The van der Waals surface area contributed by atoms with Crippen LogP contribution in [0.25, 0.3) is 0 Å². The molecule has 54 heavy (non-hydrogen) atoms. The van der Waals surface area contributed by atoms with Crippen LogP contribution in [0.3, 0.4) is 0 Å². The van der Waals surface area contributed by atoms with E-state index in [1.807, 2.05) is 63.2 Å². The molecule has 0 unspecified atom stereocenters. The molecule has 3 aromatic carbocycles. The lowest BCUT2D eigenvalue weighted by Crippen LogP contribution is -2.42. The van der Waals surface area contributed by atoms with Gasteiger partial charge in [-0.25, -0.2) is 0 Å². The number of carbonyl (C=O) groups excluding carboxylic acids is 7. The van der Waals surface area contributed by atoms with Gasteiger partial charge in [0, 0.05) is 24.1 Å². The number of fused-ring (bicyclic) bond motifs is 3. The molecule has 3 aliphatic rings. The molecule has 0 aromatic heterocycles. The Bertz CT molecular complexity index is 1970. The van der Waals surface area contributed by atoms with Crippen molar-refractivity contribution in [2.75, 3.05) is 51.0 Å². The van der Waals surface area contributed by atoms with Crippen molar-refractivity contribution < 1.29 is 52.5 Å². The molecule has 0 atom stereocenters. The van der Waals surface area contributed by atoms with E-state index in [-0.39, 0.29) is 43.4 Å². The molecule has 3 heterocycles. The molecule has 0 bridgehead atoms. The van der Waals surface area contributed by atoms with Crippen LogP contribution >= 0.6 is 0 Å². The van der Waals surface area contributed by atoms with Gasteiger partial charge in [-0.3, -0.25) is 33.6 Å². The zero-order valence-electron chi connectivity index (χ0n) is 31.7. The number of methoxy groups -OCH3 is 4. The molecular weight excluding hydrogens is 698 g/mol. The molecule has 6 rings (SSSR count). The highest BCUT2D eigenvalue weighted by Crippen LogP contribution is 2.47. The van der Waals surface area contributed by atoms with Crippen LogP contribution in [-0.4, -0.2) is 77.1 Å². The van der Waals surface area contributed by atoms with Gasteiger partial charge in [0.2, 0.25) is 17.7 Å². The van der Waals surface area contributed by atoms with E-state index in [1.54, 1.807) is 19.2 Å². The smallest absolute Gasteiger partial charge is 0.306 e. The summed E-state index contributed by atoms with van der Waals surface area (Å²) in [7, 11) is 6.64. The van der Waals surface area contributed by atoms with E-state index >= 15 is 0 Å². The number of rotatable bonds is 8. The number of benzene rings is 3. The van der Waals surface area contributed by atoms with Crippen LogP contribution in [0.4, 0.5) is 17.1 Å². The van der Waals surface area contributed by atoms with Gasteiger partial charge in [-0.05, 0) is 72.4 Å². The molecule has 0 saturated heterocycles. The Kier molecular flexibility index (Phi) is 12.6. The first-order chi connectivity index (χ1) is 25.5. The highest BCUT2D eigenvalue weighted by atomic mass is 16.5. The molecule has 0 aliphatic carbocycles. The Morgan fingerprint density at radius 3 is 1.57 bits per heavy atom. The summed E-state index contributed by atoms with van der Waals surface area (Å²) in [5.41, 5.74) is 5.30. The molecule has 3 aliphatic heterocycles. The minimum Gasteiger partial charge on any atom is -0.469 e. The van der Waals surface area contributed by atoms with E-state index in [9.17, 15) is 33.6 Å². The molecule has 0 spiro atoms. The Labute approximate surface area is 313 Å². The Morgan fingerprint density at radius 1 is 0.611 bits per heavy atom. The Balaban J connectivity index is 0.000000190. The highest BCUT2D eigenvalue weighted by Gasteiger charge is 2.53. The third kappa shape index (κ3) is 8.43. The number of hydrogen-bond acceptors (Lipinski definition) is 11. The van der Waals surface area contributed by atoms with Crippen molar-refractivity contribution in [2.24, 2.45) is 0 Å². The fraction of sp³-hybridized carbons (Fsp3) is 0.375. The van der Waals surface area contributed by atoms with E-state index in [0.29, 0.717) is 28.9 Å². The lowest BCUT2D eigenvalue weighted by Gasteiger charge is -2.25. The maximum absolute atomic E-state index is 12.8. The quantitative estimate of drug-likeness (QED) is 0.250. The van der Waals surface area contributed by atoms with Crippen LogP contribution in [0.5, 0.6) is 0 Å². The summed E-state index contributed by atoms with van der Waals surface area (Å²) in [5.74, 6) is -2.78. The average molecular weight is 744 g/mol. The van der Waals surface area contributed by atoms with Gasteiger partial charge in [0.05, 0.1) is 71.4 Å². The third-order valence-electron chi connectivity index (χ3n) is 9.70. The number of esters is 4. The number of aryl methyl sites for hydroxylation is 3. The van der Waals surface area contributed by atoms with Gasteiger partial charge in [0.25, 0.3) is 0 Å². The lowest BCUT2D eigenvalue weighted by molar-refractivity contribution is -0.149. The zero-order chi connectivity index (χ0) is 40.0. The summed E-state index contributed by atoms with van der Waals surface area (Å²) in [6, 6.07) is 16.9. The van der Waals surface area contributed by atoms with Crippen molar-refractivity contribution >= 4 is 58.7 Å². The molecule has 286 valence electrons. The molecule has 2 N–H and O–H groups in total. The number of anilines is 3. The van der Waals surface area contributed by atoms with Crippen molar-refractivity contribution in [3.8, 4) is 0 Å². The second-order valence-corrected chi connectivity index (χ2v) is 13.4. The Morgan fingerprint density at radius 2 is 1.06 bits per heavy atom. The predicted molar refractivity (Wildman–Crippen MR) is 198 cm³/mol. The molecular formula is C40H45N3O11. The summed E-state index contributed by atoms with van der Waals surface area (Å²) in [5, 5.41) is 5.53.